The molecule has 3 nitrogen and oxygen atoms in total. The number of carbonyl (C=O) groups excluding carboxylic acids is 1. The number of esters is 1. The molecular formula is C10H9F3O3. The van der Waals surface area contributed by atoms with Gasteiger partial charge in [-0.25, -0.2) is 13.2 Å². The van der Waals surface area contributed by atoms with Crippen molar-refractivity contribution < 1.29 is 27.8 Å². The Morgan fingerprint density at radius 3 is 2.50 bits per heavy atom. The summed E-state index contributed by atoms with van der Waals surface area (Å²) in [6.07, 6.45) is -5.86. The van der Waals surface area contributed by atoms with Crippen LogP contribution in [0.5, 0.6) is 11.5 Å². The summed E-state index contributed by atoms with van der Waals surface area (Å²) in [5, 5.41) is 9.05. The van der Waals surface area contributed by atoms with E-state index in [0.717, 1.165) is 25.1 Å². The Bertz CT molecular complexity index is 393. The van der Waals surface area contributed by atoms with Gasteiger partial charge in [0.1, 0.15) is 11.5 Å². The number of rotatable bonds is 3. The fourth-order valence-electron chi connectivity index (χ4n) is 1.13. The normalized spacial score (nSPS) is 12.6. The third-order valence-corrected chi connectivity index (χ3v) is 1.77. The maximum Gasteiger partial charge on any atom is 0.308 e. The molecular weight excluding hydrogens is 225 g/mol. The minimum absolute atomic E-state index is 0.321. The third kappa shape index (κ3) is 2.88. The zero-order chi connectivity index (χ0) is 12.3. The molecule has 0 aliphatic carbocycles. The number of hydrogen-bond acceptors (Lipinski definition) is 3. The highest BCUT2D eigenvalue weighted by Crippen LogP contribution is 2.34. The van der Waals surface area contributed by atoms with Gasteiger partial charge in [-0.15, -0.1) is 0 Å². The van der Waals surface area contributed by atoms with Gasteiger partial charge in [0.05, 0.1) is 0 Å². The van der Waals surface area contributed by atoms with Gasteiger partial charge in [0.2, 0.25) is 0 Å². The third-order valence-electron chi connectivity index (χ3n) is 1.77. The summed E-state index contributed by atoms with van der Waals surface area (Å²) in [7, 11) is 0. The number of hydrogen-bond donors (Lipinski definition) is 1. The van der Waals surface area contributed by atoms with Crippen molar-refractivity contribution in [2.24, 2.45) is 0 Å². The zero-order valence-electron chi connectivity index (χ0n) is 8.28. The number of carbonyl (C=O) groups is 1. The highest BCUT2D eigenvalue weighted by molar-refractivity contribution is 5.70. The zero-order valence-corrected chi connectivity index (χ0v) is 8.28. The molecule has 0 aliphatic heterocycles. The maximum atomic E-state index is 13.1. The Labute approximate surface area is 89.5 Å². The molecule has 0 heterocycles. The molecule has 88 valence electrons. The Morgan fingerprint density at radius 2 is 2.00 bits per heavy atom. The average molecular weight is 234 g/mol. The van der Waals surface area contributed by atoms with Crippen molar-refractivity contribution >= 4 is 5.97 Å². The summed E-state index contributed by atoms with van der Waals surface area (Å²) < 4.78 is 42.0. The van der Waals surface area contributed by atoms with Crippen LogP contribution in [0.3, 0.4) is 0 Å². The summed E-state index contributed by atoms with van der Waals surface area (Å²) in [5.41, 5.74) is -0.551. The van der Waals surface area contributed by atoms with Crippen LogP contribution in [0.1, 0.15) is 18.7 Å². The Morgan fingerprint density at radius 1 is 1.38 bits per heavy atom. The quantitative estimate of drug-likeness (QED) is 0.645. The molecule has 1 rings (SSSR count). The van der Waals surface area contributed by atoms with E-state index in [1.165, 1.54) is 0 Å². The number of aromatic hydroxyl groups is 1. The fraction of sp³-hybridized carbons (Fsp3) is 0.300. The number of ether oxygens (including phenoxy) is 1. The van der Waals surface area contributed by atoms with Crippen molar-refractivity contribution in [2.75, 3.05) is 0 Å². The van der Waals surface area contributed by atoms with Gasteiger partial charge < -0.3 is 9.84 Å². The van der Waals surface area contributed by atoms with Crippen molar-refractivity contribution in [3.05, 3.63) is 23.8 Å². The molecule has 0 saturated carbocycles. The van der Waals surface area contributed by atoms with Crippen LogP contribution in [0.15, 0.2) is 18.2 Å². The number of phenols is 1. The largest absolute Gasteiger partial charge is 0.508 e. The number of alkyl halides is 3. The molecule has 1 N–H and O–H groups in total. The van der Waals surface area contributed by atoms with Gasteiger partial charge in [-0.1, -0.05) is 0 Å². The first-order chi connectivity index (χ1) is 7.41. The Hall–Kier alpha value is -1.72. The van der Waals surface area contributed by atoms with Crippen LogP contribution in [-0.2, 0) is 4.79 Å². The second kappa shape index (κ2) is 4.87. The molecule has 1 atom stereocenters. The smallest absolute Gasteiger partial charge is 0.308 e. The highest BCUT2D eigenvalue weighted by Gasteiger charge is 2.26. The fourth-order valence-corrected chi connectivity index (χ4v) is 1.13. The summed E-state index contributed by atoms with van der Waals surface area (Å²) in [5.74, 6) is -1.46. The number of halogens is 3. The monoisotopic (exact) mass is 234 g/mol. The van der Waals surface area contributed by atoms with Crippen molar-refractivity contribution in [1.82, 2.24) is 0 Å². The average Bonchev–Trinajstić information content (AvgIpc) is 2.18. The lowest BCUT2D eigenvalue weighted by Crippen LogP contribution is -2.09. The van der Waals surface area contributed by atoms with Gasteiger partial charge in [-0.2, -0.15) is 0 Å². The molecule has 0 amide bonds. The van der Waals surface area contributed by atoms with E-state index in [0.29, 0.717) is 0 Å². The van der Waals surface area contributed by atoms with Gasteiger partial charge in [0.15, 0.2) is 6.17 Å². The lowest BCUT2D eigenvalue weighted by Gasteiger charge is -2.12. The summed E-state index contributed by atoms with van der Waals surface area (Å²) in [6, 6.07) is 2.97. The van der Waals surface area contributed by atoms with Crippen LogP contribution < -0.4 is 4.74 Å². The number of benzene rings is 1. The topological polar surface area (TPSA) is 46.5 Å². The summed E-state index contributed by atoms with van der Waals surface area (Å²) in [6.45, 7) is 1.06. The van der Waals surface area contributed by atoms with Crippen LogP contribution in [0.4, 0.5) is 13.2 Å². The summed E-state index contributed by atoms with van der Waals surface area (Å²) >= 11 is 0. The van der Waals surface area contributed by atoms with E-state index < -0.39 is 24.1 Å². The lowest BCUT2D eigenvalue weighted by atomic mass is 10.1. The van der Waals surface area contributed by atoms with Gasteiger partial charge in [0.25, 0.3) is 6.43 Å². The van der Waals surface area contributed by atoms with E-state index in [-0.39, 0.29) is 11.5 Å². The molecule has 0 aliphatic rings. The van der Waals surface area contributed by atoms with E-state index in [9.17, 15) is 18.0 Å². The lowest BCUT2D eigenvalue weighted by molar-refractivity contribution is -0.132. The Balaban J connectivity index is 3.12. The van der Waals surface area contributed by atoms with Crippen molar-refractivity contribution in [1.29, 1.82) is 0 Å². The second-order valence-electron chi connectivity index (χ2n) is 3.05. The number of phenolic OH excluding ortho intramolecular Hbond substituents is 1. The van der Waals surface area contributed by atoms with Crippen LogP contribution in [0, 0.1) is 0 Å². The molecule has 0 saturated heterocycles. The molecule has 1 unspecified atom stereocenters. The predicted molar refractivity (Wildman–Crippen MR) is 49.3 cm³/mol. The minimum Gasteiger partial charge on any atom is -0.508 e. The van der Waals surface area contributed by atoms with Crippen LogP contribution in [-0.4, -0.2) is 17.5 Å². The van der Waals surface area contributed by atoms with Crippen molar-refractivity contribution in [3.63, 3.8) is 0 Å². The molecule has 0 aromatic heterocycles. The molecule has 0 fully saturated rings. The van der Waals surface area contributed by atoms with Crippen LogP contribution in [0.25, 0.3) is 0 Å². The van der Waals surface area contributed by atoms with E-state index in [2.05, 4.69) is 4.74 Å². The first-order valence-electron chi connectivity index (χ1n) is 4.35. The maximum absolute atomic E-state index is 13.1. The second-order valence-corrected chi connectivity index (χ2v) is 3.05. The van der Waals surface area contributed by atoms with Crippen LogP contribution >= 0.6 is 0 Å². The standard InChI is InChI=1S/C10H9F3O3/c1-5(14)16-8-3-2-6(15)4-7(8)9(11)10(12)13/h2-4,9-10,15H,1H3. The molecule has 0 radical (unpaired) electrons. The minimum atomic E-state index is -3.25. The SMILES string of the molecule is CC(=O)Oc1ccc(O)cc1C(F)C(F)F. The van der Waals surface area contributed by atoms with E-state index >= 15 is 0 Å². The van der Waals surface area contributed by atoms with E-state index in [1.807, 2.05) is 0 Å². The first-order valence-corrected chi connectivity index (χ1v) is 4.35. The highest BCUT2D eigenvalue weighted by atomic mass is 19.3. The van der Waals surface area contributed by atoms with Crippen molar-refractivity contribution in [2.45, 2.75) is 19.5 Å². The van der Waals surface area contributed by atoms with Gasteiger partial charge in [-0.05, 0) is 18.2 Å². The molecule has 0 bridgehead atoms. The van der Waals surface area contributed by atoms with E-state index in [4.69, 9.17) is 5.11 Å². The van der Waals surface area contributed by atoms with Gasteiger partial charge in [-0.3, -0.25) is 4.79 Å². The van der Waals surface area contributed by atoms with Gasteiger partial charge in [0, 0.05) is 12.5 Å². The molecule has 1 aromatic rings. The summed E-state index contributed by atoms with van der Waals surface area (Å²) in [4.78, 5) is 10.6. The van der Waals surface area contributed by atoms with Crippen molar-refractivity contribution in [3.8, 4) is 11.5 Å². The predicted octanol–water partition coefficient (Wildman–Crippen LogP) is 2.59. The molecule has 0 spiro atoms. The molecule has 1 aromatic carbocycles. The van der Waals surface area contributed by atoms with Crippen LogP contribution in [0.2, 0.25) is 0 Å². The van der Waals surface area contributed by atoms with E-state index in [1.54, 1.807) is 0 Å². The van der Waals surface area contributed by atoms with Gasteiger partial charge >= 0.3 is 5.97 Å². The first kappa shape index (κ1) is 12.4. The molecule has 16 heavy (non-hydrogen) atoms. The Kier molecular flexibility index (Phi) is 3.76. The molecule has 6 heteroatoms.